The van der Waals surface area contributed by atoms with E-state index in [1.54, 1.807) is 4.90 Å². The average molecular weight is 354 g/mol. The number of amides is 2. The molecule has 8 nitrogen and oxygen atoms in total. The SMILES string of the molecule is CCN1CC(C(=O)Nc2cc(C(=O)O)cc(S(C)(=O)=O)c2)CC1=O. The fourth-order valence-electron chi connectivity index (χ4n) is 2.51. The highest BCUT2D eigenvalue weighted by Gasteiger charge is 2.33. The largest absolute Gasteiger partial charge is 0.478 e. The first kappa shape index (κ1) is 17.9. The predicted octanol–water partition coefficient (Wildman–Crippen LogP) is 0.595. The van der Waals surface area contributed by atoms with E-state index in [1.165, 1.54) is 12.1 Å². The first-order chi connectivity index (χ1) is 11.1. The second-order valence-corrected chi connectivity index (χ2v) is 7.66. The van der Waals surface area contributed by atoms with Crippen molar-refractivity contribution in [1.82, 2.24) is 4.90 Å². The molecule has 1 aliphatic rings. The van der Waals surface area contributed by atoms with E-state index in [0.717, 1.165) is 12.3 Å². The Bertz CT molecular complexity index is 802. The van der Waals surface area contributed by atoms with Gasteiger partial charge in [-0.05, 0) is 25.1 Å². The van der Waals surface area contributed by atoms with Gasteiger partial charge in [0, 0.05) is 31.5 Å². The molecule has 9 heteroatoms. The first-order valence-electron chi connectivity index (χ1n) is 7.29. The Balaban J connectivity index is 2.26. The number of rotatable bonds is 5. The van der Waals surface area contributed by atoms with Gasteiger partial charge in [-0.1, -0.05) is 0 Å². The first-order valence-corrected chi connectivity index (χ1v) is 9.18. The van der Waals surface area contributed by atoms with Gasteiger partial charge in [-0.2, -0.15) is 0 Å². The van der Waals surface area contributed by atoms with Crippen molar-refractivity contribution in [2.75, 3.05) is 24.7 Å². The summed E-state index contributed by atoms with van der Waals surface area (Å²) in [5.74, 6) is -2.41. The molecule has 1 saturated heterocycles. The van der Waals surface area contributed by atoms with Crippen LogP contribution in [0.25, 0.3) is 0 Å². The Morgan fingerprint density at radius 2 is 2.00 bits per heavy atom. The molecule has 1 fully saturated rings. The number of sulfone groups is 1. The number of aromatic carboxylic acids is 1. The van der Waals surface area contributed by atoms with Gasteiger partial charge in [0.05, 0.1) is 16.4 Å². The van der Waals surface area contributed by atoms with E-state index in [-0.39, 0.29) is 28.5 Å². The van der Waals surface area contributed by atoms with Crippen LogP contribution in [0.1, 0.15) is 23.7 Å². The summed E-state index contributed by atoms with van der Waals surface area (Å²) in [4.78, 5) is 36.5. The molecule has 1 atom stereocenters. The molecule has 0 bridgehead atoms. The maximum atomic E-state index is 12.3. The van der Waals surface area contributed by atoms with Crippen molar-refractivity contribution in [3.8, 4) is 0 Å². The fourth-order valence-corrected chi connectivity index (χ4v) is 3.19. The molecule has 2 rings (SSSR count). The summed E-state index contributed by atoms with van der Waals surface area (Å²) in [5, 5.41) is 11.6. The van der Waals surface area contributed by atoms with E-state index in [9.17, 15) is 22.8 Å². The Labute approximate surface area is 139 Å². The summed E-state index contributed by atoms with van der Waals surface area (Å²) in [6, 6.07) is 3.42. The number of carboxylic acids is 1. The van der Waals surface area contributed by atoms with Crippen LogP contribution < -0.4 is 5.32 Å². The van der Waals surface area contributed by atoms with Gasteiger partial charge < -0.3 is 15.3 Å². The van der Waals surface area contributed by atoms with Crippen molar-refractivity contribution in [3.63, 3.8) is 0 Å². The molecule has 2 amide bonds. The number of likely N-dealkylation sites (tertiary alicyclic amines) is 1. The molecule has 0 aromatic heterocycles. The van der Waals surface area contributed by atoms with Crippen LogP contribution in [0, 0.1) is 5.92 Å². The van der Waals surface area contributed by atoms with Crippen LogP contribution in [0.5, 0.6) is 0 Å². The lowest BCUT2D eigenvalue weighted by Crippen LogP contribution is -2.28. The zero-order chi connectivity index (χ0) is 18.1. The molecule has 1 aromatic rings. The van der Waals surface area contributed by atoms with Crippen LogP contribution in [0.3, 0.4) is 0 Å². The summed E-state index contributed by atoms with van der Waals surface area (Å²) in [6.07, 6.45) is 1.03. The number of hydrogen-bond acceptors (Lipinski definition) is 5. The number of anilines is 1. The second-order valence-electron chi connectivity index (χ2n) is 5.65. The van der Waals surface area contributed by atoms with Crippen molar-refractivity contribution >= 4 is 33.3 Å². The minimum absolute atomic E-state index is 0.0720. The average Bonchev–Trinajstić information content (AvgIpc) is 2.87. The van der Waals surface area contributed by atoms with Crippen molar-refractivity contribution < 1.29 is 27.9 Å². The van der Waals surface area contributed by atoms with E-state index in [2.05, 4.69) is 5.32 Å². The summed E-state index contributed by atoms with van der Waals surface area (Å²) in [6.45, 7) is 2.61. The highest BCUT2D eigenvalue weighted by molar-refractivity contribution is 7.90. The lowest BCUT2D eigenvalue weighted by molar-refractivity contribution is -0.128. The van der Waals surface area contributed by atoms with Gasteiger partial charge in [-0.15, -0.1) is 0 Å². The number of hydrogen-bond donors (Lipinski definition) is 2. The Hall–Kier alpha value is -2.42. The maximum Gasteiger partial charge on any atom is 0.335 e. The molecular formula is C15H18N2O6S. The van der Waals surface area contributed by atoms with Gasteiger partial charge in [-0.25, -0.2) is 13.2 Å². The minimum Gasteiger partial charge on any atom is -0.478 e. The number of nitrogens with one attached hydrogen (secondary N) is 1. The van der Waals surface area contributed by atoms with Gasteiger partial charge in [0.15, 0.2) is 9.84 Å². The van der Waals surface area contributed by atoms with Crippen molar-refractivity contribution in [1.29, 1.82) is 0 Å². The lowest BCUT2D eigenvalue weighted by atomic mass is 10.1. The van der Waals surface area contributed by atoms with Crippen LogP contribution in [0.4, 0.5) is 5.69 Å². The third-order valence-corrected chi connectivity index (χ3v) is 4.91. The zero-order valence-corrected chi connectivity index (χ0v) is 14.1. The van der Waals surface area contributed by atoms with Gasteiger partial charge >= 0.3 is 5.97 Å². The molecule has 0 saturated carbocycles. The van der Waals surface area contributed by atoms with E-state index >= 15 is 0 Å². The third-order valence-electron chi connectivity index (χ3n) is 3.82. The molecule has 130 valence electrons. The van der Waals surface area contributed by atoms with Crippen molar-refractivity contribution in [2.24, 2.45) is 5.92 Å². The zero-order valence-electron chi connectivity index (χ0n) is 13.3. The molecular weight excluding hydrogens is 336 g/mol. The molecule has 1 aliphatic heterocycles. The summed E-state index contributed by atoms with van der Waals surface area (Å²) in [7, 11) is -3.63. The second kappa shape index (κ2) is 6.60. The van der Waals surface area contributed by atoms with Crippen LogP contribution >= 0.6 is 0 Å². The Morgan fingerprint density at radius 3 is 2.50 bits per heavy atom. The maximum absolute atomic E-state index is 12.3. The smallest absolute Gasteiger partial charge is 0.335 e. The molecule has 1 aromatic carbocycles. The molecule has 2 N–H and O–H groups in total. The van der Waals surface area contributed by atoms with E-state index in [4.69, 9.17) is 5.11 Å². The third kappa shape index (κ3) is 3.91. The monoisotopic (exact) mass is 354 g/mol. The predicted molar refractivity (Wildman–Crippen MR) is 85.5 cm³/mol. The van der Waals surface area contributed by atoms with Crippen LogP contribution in [-0.2, 0) is 19.4 Å². The highest BCUT2D eigenvalue weighted by Crippen LogP contribution is 2.23. The Kier molecular flexibility index (Phi) is 4.93. The fraction of sp³-hybridized carbons (Fsp3) is 0.400. The summed E-state index contributed by atoms with van der Waals surface area (Å²) >= 11 is 0. The number of carbonyl (C=O) groups is 3. The van der Waals surface area contributed by atoms with Gasteiger partial charge in [-0.3, -0.25) is 9.59 Å². The topological polar surface area (TPSA) is 121 Å². The molecule has 0 spiro atoms. The van der Waals surface area contributed by atoms with Gasteiger partial charge in [0.1, 0.15) is 0 Å². The molecule has 1 heterocycles. The molecule has 0 aliphatic carbocycles. The van der Waals surface area contributed by atoms with Gasteiger partial charge in [0.25, 0.3) is 0 Å². The number of carboxylic acid groups (broad SMARTS) is 1. The molecule has 1 unspecified atom stereocenters. The highest BCUT2D eigenvalue weighted by atomic mass is 32.2. The molecule has 0 radical (unpaired) electrons. The Morgan fingerprint density at radius 1 is 1.33 bits per heavy atom. The van der Waals surface area contributed by atoms with Crippen molar-refractivity contribution in [3.05, 3.63) is 23.8 Å². The summed E-state index contributed by atoms with van der Waals surface area (Å²) < 4.78 is 23.3. The van der Waals surface area contributed by atoms with Crippen LogP contribution in [-0.4, -0.2) is 55.6 Å². The van der Waals surface area contributed by atoms with Crippen LogP contribution in [0.2, 0.25) is 0 Å². The van der Waals surface area contributed by atoms with Crippen molar-refractivity contribution in [2.45, 2.75) is 18.2 Å². The number of benzene rings is 1. The minimum atomic E-state index is -3.63. The van der Waals surface area contributed by atoms with Gasteiger partial charge in [0.2, 0.25) is 11.8 Å². The number of nitrogens with zero attached hydrogens (tertiary/aromatic N) is 1. The van der Waals surface area contributed by atoms with E-state index in [1.807, 2.05) is 6.92 Å². The number of carbonyl (C=O) groups excluding carboxylic acids is 2. The normalized spacial score (nSPS) is 17.8. The summed E-state index contributed by atoms with van der Waals surface area (Å²) in [5.41, 5.74) is -0.173. The quantitative estimate of drug-likeness (QED) is 0.798. The lowest BCUT2D eigenvalue weighted by Gasteiger charge is -2.14. The van der Waals surface area contributed by atoms with Crippen LogP contribution in [0.15, 0.2) is 23.1 Å². The molecule has 24 heavy (non-hydrogen) atoms. The van der Waals surface area contributed by atoms with E-state index < -0.39 is 27.6 Å². The standard InChI is InChI=1S/C15H18N2O6S/c1-3-17-8-10(6-13(17)18)14(19)16-11-4-9(15(20)21)5-12(7-11)24(2,22)23/h4-5,7,10H,3,6,8H2,1-2H3,(H,16,19)(H,20,21). The van der Waals surface area contributed by atoms with E-state index in [0.29, 0.717) is 13.1 Å².